The van der Waals surface area contributed by atoms with Crippen LogP contribution in [0.15, 0.2) is 0 Å². The molecule has 0 saturated heterocycles. The third-order valence-electron chi connectivity index (χ3n) is 1.38. The van der Waals surface area contributed by atoms with Gasteiger partial charge in [0.05, 0.1) is 7.11 Å². The van der Waals surface area contributed by atoms with Crippen molar-refractivity contribution >= 4 is 11.8 Å². The lowest BCUT2D eigenvalue weighted by Gasteiger charge is -2.17. The fourth-order valence-electron chi connectivity index (χ4n) is 0.332. The van der Waals surface area contributed by atoms with Gasteiger partial charge in [-0.3, -0.25) is 14.4 Å². The largest absolute Gasteiger partial charge is 0.369 e. The van der Waals surface area contributed by atoms with Gasteiger partial charge in [0.1, 0.15) is 5.41 Å². The summed E-state index contributed by atoms with van der Waals surface area (Å²) < 4.78 is 0. The highest BCUT2D eigenvalue weighted by Gasteiger charge is 2.33. The standard InChI is InChI=1S/C6H12N2O3/c1-6(2,4(7)9)5(10)8-11-3/h1-3H3,(H2,7,9)(H,8,10). The molecule has 2 amide bonds. The maximum absolute atomic E-state index is 11.0. The highest BCUT2D eigenvalue weighted by atomic mass is 16.6. The summed E-state index contributed by atoms with van der Waals surface area (Å²) in [6, 6.07) is 0. The van der Waals surface area contributed by atoms with E-state index < -0.39 is 17.2 Å². The molecule has 0 heterocycles. The minimum absolute atomic E-state index is 0.549. The lowest BCUT2D eigenvalue weighted by atomic mass is 9.92. The van der Waals surface area contributed by atoms with Gasteiger partial charge in [-0.15, -0.1) is 0 Å². The number of nitrogens with two attached hydrogens (primary N) is 1. The number of carbonyl (C=O) groups is 2. The molecule has 0 rings (SSSR count). The number of rotatable bonds is 3. The first-order valence-corrected chi connectivity index (χ1v) is 3.06. The fourth-order valence-corrected chi connectivity index (χ4v) is 0.332. The summed E-state index contributed by atoms with van der Waals surface area (Å²) in [7, 11) is 1.29. The van der Waals surface area contributed by atoms with Crippen LogP contribution >= 0.6 is 0 Å². The maximum Gasteiger partial charge on any atom is 0.258 e. The smallest absolute Gasteiger partial charge is 0.258 e. The molecule has 0 aromatic rings. The number of primary amides is 1. The first kappa shape index (κ1) is 9.90. The SMILES string of the molecule is CONC(=O)C(C)(C)C(N)=O. The Morgan fingerprint density at radius 2 is 1.91 bits per heavy atom. The number of hydroxylamine groups is 1. The van der Waals surface area contributed by atoms with E-state index in [1.54, 1.807) is 0 Å². The van der Waals surface area contributed by atoms with Crippen molar-refractivity contribution in [2.75, 3.05) is 7.11 Å². The van der Waals surface area contributed by atoms with Crippen molar-refractivity contribution in [2.24, 2.45) is 11.1 Å². The normalized spacial score (nSPS) is 10.8. The Bertz CT molecular complexity index is 177. The van der Waals surface area contributed by atoms with Crippen molar-refractivity contribution < 1.29 is 14.4 Å². The Morgan fingerprint density at radius 3 is 2.18 bits per heavy atom. The van der Waals surface area contributed by atoms with Gasteiger partial charge in [-0.05, 0) is 13.8 Å². The van der Waals surface area contributed by atoms with Gasteiger partial charge >= 0.3 is 0 Å². The number of nitrogens with one attached hydrogen (secondary N) is 1. The van der Waals surface area contributed by atoms with Gasteiger partial charge in [0.25, 0.3) is 5.91 Å². The van der Waals surface area contributed by atoms with E-state index in [4.69, 9.17) is 5.73 Å². The van der Waals surface area contributed by atoms with E-state index in [1.807, 2.05) is 5.48 Å². The number of hydrogen-bond acceptors (Lipinski definition) is 3. The highest BCUT2D eigenvalue weighted by Crippen LogP contribution is 2.13. The van der Waals surface area contributed by atoms with Crippen molar-refractivity contribution in [2.45, 2.75) is 13.8 Å². The van der Waals surface area contributed by atoms with Crippen LogP contribution in [0, 0.1) is 5.41 Å². The number of amides is 2. The van der Waals surface area contributed by atoms with E-state index >= 15 is 0 Å². The number of carbonyl (C=O) groups excluding carboxylic acids is 2. The molecule has 11 heavy (non-hydrogen) atoms. The molecule has 5 nitrogen and oxygen atoms in total. The summed E-state index contributed by atoms with van der Waals surface area (Å²) in [5.74, 6) is -1.24. The zero-order valence-corrected chi connectivity index (χ0v) is 6.80. The molecule has 5 heteroatoms. The Labute approximate surface area is 64.8 Å². The Morgan fingerprint density at radius 1 is 1.45 bits per heavy atom. The van der Waals surface area contributed by atoms with E-state index in [2.05, 4.69) is 4.84 Å². The van der Waals surface area contributed by atoms with Crippen molar-refractivity contribution in [3.8, 4) is 0 Å². The van der Waals surface area contributed by atoms with E-state index in [0.717, 1.165) is 0 Å². The Hall–Kier alpha value is -1.10. The van der Waals surface area contributed by atoms with Crippen LogP contribution in [0.2, 0.25) is 0 Å². The first-order chi connectivity index (χ1) is 4.92. The second-order valence-corrected chi connectivity index (χ2v) is 2.62. The minimum atomic E-state index is -1.23. The molecule has 0 aliphatic carbocycles. The van der Waals surface area contributed by atoms with Crippen LogP contribution in [-0.4, -0.2) is 18.9 Å². The predicted molar refractivity (Wildman–Crippen MR) is 38.1 cm³/mol. The van der Waals surface area contributed by atoms with Crippen LogP contribution in [0.1, 0.15) is 13.8 Å². The second-order valence-electron chi connectivity index (χ2n) is 2.62. The number of hydrogen-bond donors (Lipinski definition) is 2. The van der Waals surface area contributed by atoms with E-state index in [-0.39, 0.29) is 0 Å². The molecule has 0 aromatic carbocycles. The van der Waals surface area contributed by atoms with Gasteiger partial charge in [0.15, 0.2) is 0 Å². The molecule has 0 radical (unpaired) electrons. The molecule has 0 bridgehead atoms. The molecule has 0 spiro atoms. The first-order valence-electron chi connectivity index (χ1n) is 3.06. The highest BCUT2D eigenvalue weighted by molar-refractivity contribution is 6.03. The zero-order valence-electron chi connectivity index (χ0n) is 6.80. The van der Waals surface area contributed by atoms with Crippen LogP contribution in [-0.2, 0) is 14.4 Å². The lowest BCUT2D eigenvalue weighted by molar-refractivity contribution is -0.146. The zero-order chi connectivity index (χ0) is 9.07. The predicted octanol–water partition coefficient (Wildman–Crippen LogP) is -0.825. The van der Waals surface area contributed by atoms with Crippen LogP contribution in [0.5, 0.6) is 0 Å². The van der Waals surface area contributed by atoms with Gasteiger partial charge in [-0.25, -0.2) is 5.48 Å². The van der Waals surface area contributed by atoms with E-state index in [1.165, 1.54) is 21.0 Å². The van der Waals surface area contributed by atoms with Crippen molar-refractivity contribution in [3.63, 3.8) is 0 Å². The average molecular weight is 160 g/mol. The molecule has 0 saturated carbocycles. The van der Waals surface area contributed by atoms with Crippen LogP contribution in [0.25, 0.3) is 0 Å². The average Bonchev–Trinajstić information content (AvgIpc) is 1.88. The molecular weight excluding hydrogens is 148 g/mol. The monoisotopic (exact) mass is 160 g/mol. The van der Waals surface area contributed by atoms with E-state index in [9.17, 15) is 9.59 Å². The van der Waals surface area contributed by atoms with Gasteiger partial charge < -0.3 is 5.73 Å². The molecule has 0 aliphatic heterocycles. The molecule has 64 valence electrons. The summed E-state index contributed by atoms with van der Waals surface area (Å²) >= 11 is 0. The van der Waals surface area contributed by atoms with Gasteiger partial charge in [0.2, 0.25) is 5.91 Å². The molecular formula is C6H12N2O3. The van der Waals surface area contributed by atoms with Crippen molar-refractivity contribution in [1.29, 1.82) is 0 Å². The molecule has 0 aromatic heterocycles. The van der Waals surface area contributed by atoms with Crippen LogP contribution < -0.4 is 11.2 Å². The second kappa shape index (κ2) is 3.34. The van der Waals surface area contributed by atoms with Gasteiger partial charge in [0, 0.05) is 0 Å². The lowest BCUT2D eigenvalue weighted by Crippen LogP contribution is -2.45. The Balaban J connectivity index is 4.30. The summed E-state index contributed by atoms with van der Waals surface area (Å²) in [6.07, 6.45) is 0. The molecule has 3 N–H and O–H groups in total. The summed E-state index contributed by atoms with van der Waals surface area (Å²) in [4.78, 5) is 25.9. The minimum Gasteiger partial charge on any atom is -0.369 e. The van der Waals surface area contributed by atoms with Crippen molar-refractivity contribution in [1.82, 2.24) is 5.48 Å². The summed E-state index contributed by atoms with van der Waals surface area (Å²) in [5, 5.41) is 0. The topological polar surface area (TPSA) is 81.4 Å². The van der Waals surface area contributed by atoms with Gasteiger partial charge in [-0.2, -0.15) is 0 Å². The Kier molecular flexibility index (Phi) is 3.00. The fraction of sp³-hybridized carbons (Fsp3) is 0.667. The summed E-state index contributed by atoms with van der Waals surface area (Å²) in [5.41, 5.74) is 5.75. The quantitative estimate of drug-likeness (QED) is 0.418. The molecule has 0 unspecified atom stereocenters. The molecule has 0 atom stereocenters. The maximum atomic E-state index is 11.0. The van der Waals surface area contributed by atoms with Crippen LogP contribution in [0.3, 0.4) is 0 Å². The molecule has 0 fully saturated rings. The molecule has 0 aliphatic rings. The van der Waals surface area contributed by atoms with Crippen molar-refractivity contribution in [3.05, 3.63) is 0 Å². The third kappa shape index (κ3) is 2.19. The van der Waals surface area contributed by atoms with E-state index in [0.29, 0.717) is 0 Å². The summed E-state index contributed by atoms with van der Waals surface area (Å²) in [6.45, 7) is 2.84. The third-order valence-corrected chi connectivity index (χ3v) is 1.38. The van der Waals surface area contributed by atoms with Crippen LogP contribution in [0.4, 0.5) is 0 Å². The van der Waals surface area contributed by atoms with Gasteiger partial charge in [-0.1, -0.05) is 0 Å².